The smallest absolute Gasteiger partial charge is 0.251 e. The normalized spacial score (nSPS) is 19.9. The highest BCUT2D eigenvalue weighted by Gasteiger charge is 2.25. The zero-order valence-electron chi connectivity index (χ0n) is 20.0. The van der Waals surface area contributed by atoms with Gasteiger partial charge in [0.2, 0.25) is 5.91 Å². The molecule has 8 heteroatoms. The van der Waals surface area contributed by atoms with Gasteiger partial charge in [0.15, 0.2) is 0 Å². The zero-order chi connectivity index (χ0) is 24.1. The van der Waals surface area contributed by atoms with Crippen LogP contribution >= 0.6 is 0 Å². The van der Waals surface area contributed by atoms with E-state index in [1.807, 2.05) is 4.90 Å². The van der Waals surface area contributed by atoms with Crippen LogP contribution in [0.3, 0.4) is 0 Å². The number of aliphatic hydroxyl groups is 1. The number of fused-ring (bicyclic) bond motifs is 1. The SMILES string of the molecule is CC(=O)N1CCC(Nc2cc(C(=O)NCC(O)CN3CCc4ccccc4C3C)ccn2)CC1. The van der Waals surface area contributed by atoms with Gasteiger partial charge in [0.05, 0.1) is 6.10 Å². The minimum absolute atomic E-state index is 0.108. The van der Waals surface area contributed by atoms with E-state index in [0.29, 0.717) is 17.9 Å². The summed E-state index contributed by atoms with van der Waals surface area (Å²) >= 11 is 0. The van der Waals surface area contributed by atoms with E-state index >= 15 is 0 Å². The number of aliphatic hydroxyl groups excluding tert-OH is 1. The van der Waals surface area contributed by atoms with Crippen LogP contribution < -0.4 is 10.6 Å². The van der Waals surface area contributed by atoms with Crippen molar-refractivity contribution in [2.45, 2.75) is 51.3 Å². The van der Waals surface area contributed by atoms with Crippen LogP contribution in [0.1, 0.15) is 54.2 Å². The van der Waals surface area contributed by atoms with Crippen molar-refractivity contribution in [1.29, 1.82) is 0 Å². The van der Waals surface area contributed by atoms with Crippen LogP contribution in [0.4, 0.5) is 5.82 Å². The van der Waals surface area contributed by atoms with Gasteiger partial charge in [-0.3, -0.25) is 14.5 Å². The van der Waals surface area contributed by atoms with Gasteiger partial charge in [-0.2, -0.15) is 0 Å². The maximum atomic E-state index is 12.7. The van der Waals surface area contributed by atoms with E-state index in [4.69, 9.17) is 0 Å². The standard InChI is InChI=1S/C26H35N5O3/c1-18-24-6-4-3-5-20(24)8-12-31(18)17-23(33)16-28-26(34)21-7-11-27-25(15-21)29-22-9-13-30(14-10-22)19(2)32/h3-7,11,15,18,22-23,33H,8-10,12-14,16-17H2,1-2H3,(H,27,29)(H,28,34). The second-order valence-electron chi connectivity index (χ2n) is 9.34. The molecule has 34 heavy (non-hydrogen) atoms. The summed E-state index contributed by atoms with van der Waals surface area (Å²) in [4.78, 5) is 32.7. The van der Waals surface area contributed by atoms with E-state index in [1.165, 1.54) is 11.1 Å². The van der Waals surface area contributed by atoms with Crippen molar-refractivity contribution in [1.82, 2.24) is 20.1 Å². The van der Waals surface area contributed by atoms with E-state index in [-0.39, 0.29) is 30.4 Å². The summed E-state index contributed by atoms with van der Waals surface area (Å²) in [6, 6.07) is 12.3. The molecule has 0 bridgehead atoms. The van der Waals surface area contributed by atoms with E-state index in [1.54, 1.807) is 25.3 Å². The number of nitrogens with zero attached hydrogens (tertiary/aromatic N) is 3. The highest BCUT2D eigenvalue weighted by Crippen LogP contribution is 2.29. The first-order chi connectivity index (χ1) is 16.4. The molecule has 3 heterocycles. The van der Waals surface area contributed by atoms with Crippen LogP contribution in [0, 0.1) is 0 Å². The zero-order valence-corrected chi connectivity index (χ0v) is 20.0. The van der Waals surface area contributed by atoms with Crippen LogP contribution in [-0.4, -0.2) is 76.6 Å². The van der Waals surface area contributed by atoms with Gasteiger partial charge >= 0.3 is 0 Å². The molecular formula is C26H35N5O3. The first kappa shape index (κ1) is 24.2. The Morgan fingerprint density at radius 2 is 1.94 bits per heavy atom. The lowest BCUT2D eigenvalue weighted by atomic mass is 9.93. The van der Waals surface area contributed by atoms with Crippen LogP contribution in [-0.2, 0) is 11.2 Å². The molecule has 2 aliphatic rings. The van der Waals surface area contributed by atoms with Crippen LogP contribution in [0.5, 0.6) is 0 Å². The first-order valence-electron chi connectivity index (χ1n) is 12.2. The van der Waals surface area contributed by atoms with Crippen LogP contribution in [0.2, 0.25) is 0 Å². The second kappa shape index (κ2) is 11.0. The predicted molar refractivity (Wildman–Crippen MR) is 132 cm³/mol. The molecule has 0 aliphatic carbocycles. The number of amides is 2. The molecule has 182 valence electrons. The Morgan fingerprint density at radius 1 is 1.18 bits per heavy atom. The fourth-order valence-corrected chi connectivity index (χ4v) is 4.92. The number of carbonyl (C=O) groups is 2. The number of piperidine rings is 1. The Labute approximate surface area is 201 Å². The van der Waals surface area contributed by atoms with E-state index in [2.05, 4.69) is 51.7 Å². The lowest BCUT2D eigenvalue weighted by Gasteiger charge is -2.36. The summed E-state index contributed by atoms with van der Waals surface area (Å²) in [5.41, 5.74) is 3.19. The van der Waals surface area contributed by atoms with Crippen molar-refractivity contribution in [3.05, 3.63) is 59.3 Å². The second-order valence-corrected chi connectivity index (χ2v) is 9.34. The predicted octanol–water partition coefficient (Wildman–Crippen LogP) is 2.21. The molecular weight excluding hydrogens is 430 g/mol. The number of benzene rings is 1. The van der Waals surface area contributed by atoms with Gasteiger partial charge in [0.1, 0.15) is 5.82 Å². The van der Waals surface area contributed by atoms with Crippen molar-refractivity contribution in [3.63, 3.8) is 0 Å². The third kappa shape index (κ3) is 5.93. The molecule has 4 rings (SSSR count). The average Bonchev–Trinajstić information content (AvgIpc) is 2.85. The molecule has 2 amide bonds. The summed E-state index contributed by atoms with van der Waals surface area (Å²) in [5, 5.41) is 16.8. The summed E-state index contributed by atoms with van der Waals surface area (Å²) in [6.07, 6.45) is 3.64. The number of hydrogen-bond acceptors (Lipinski definition) is 6. The molecule has 2 unspecified atom stereocenters. The van der Waals surface area contributed by atoms with E-state index in [0.717, 1.165) is 38.9 Å². The Balaban J connectivity index is 1.25. The molecule has 2 aliphatic heterocycles. The van der Waals surface area contributed by atoms with Gasteiger partial charge in [0, 0.05) is 63.5 Å². The summed E-state index contributed by atoms with van der Waals surface area (Å²) < 4.78 is 0. The van der Waals surface area contributed by atoms with Gasteiger partial charge in [-0.05, 0) is 49.4 Å². The average molecular weight is 466 g/mol. The molecule has 1 saturated heterocycles. The topological polar surface area (TPSA) is 97.8 Å². The monoisotopic (exact) mass is 465 g/mol. The Bertz CT molecular complexity index is 1010. The molecule has 1 aromatic heterocycles. The van der Waals surface area contributed by atoms with Crippen molar-refractivity contribution >= 4 is 17.6 Å². The summed E-state index contributed by atoms with van der Waals surface area (Å²) in [6.45, 7) is 6.82. The van der Waals surface area contributed by atoms with E-state index in [9.17, 15) is 14.7 Å². The fraction of sp³-hybridized carbons (Fsp3) is 0.500. The lowest BCUT2D eigenvalue weighted by Crippen LogP contribution is -2.43. The van der Waals surface area contributed by atoms with Crippen molar-refractivity contribution in [2.24, 2.45) is 0 Å². The Morgan fingerprint density at radius 3 is 2.71 bits per heavy atom. The highest BCUT2D eigenvalue weighted by atomic mass is 16.3. The molecule has 0 saturated carbocycles. The number of β-amino-alcohol motifs (C(OH)–C–C–N with tert-alkyl or cyclic N) is 1. The van der Waals surface area contributed by atoms with Crippen molar-refractivity contribution < 1.29 is 14.7 Å². The van der Waals surface area contributed by atoms with Gasteiger partial charge < -0.3 is 20.6 Å². The maximum absolute atomic E-state index is 12.7. The number of hydrogen-bond donors (Lipinski definition) is 3. The molecule has 3 N–H and O–H groups in total. The number of aromatic nitrogens is 1. The largest absolute Gasteiger partial charge is 0.390 e. The third-order valence-corrected chi connectivity index (χ3v) is 6.98. The number of carbonyl (C=O) groups excluding carboxylic acids is 2. The molecule has 2 aromatic rings. The number of anilines is 1. The number of nitrogens with one attached hydrogen (secondary N) is 2. The third-order valence-electron chi connectivity index (χ3n) is 6.98. The molecule has 1 aromatic carbocycles. The van der Waals surface area contributed by atoms with Gasteiger partial charge in [-0.15, -0.1) is 0 Å². The summed E-state index contributed by atoms with van der Waals surface area (Å²) in [5.74, 6) is 0.528. The minimum Gasteiger partial charge on any atom is -0.390 e. The maximum Gasteiger partial charge on any atom is 0.251 e. The van der Waals surface area contributed by atoms with E-state index < -0.39 is 6.10 Å². The van der Waals surface area contributed by atoms with Gasteiger partial charge in [-0.1, -0.05) is 24.3 Å². The molecule has 0 spiro atoms. The minimum atomic E-state index is -0.650. The lowest BCUT2D eigenvalue weighted by molar-refractivity contribution is -0.129. The number of rotatable bonds is 7. The molecule has 2 atom stereocenters. The highest BCUT2D eigenvalue weighted by molar-refractivity contribution is 5.94. The van der Waals surface area contributed by atoms with Crippen molar-refractivity contribution in [2.75, 3.05) is 38.0 Å². The number of pyridine rings is 1. The van der Waals surface area contributed by atoms with Crippen LogP contribution in [0.15, 0.2) is 42.6 Å². The van der Waals surface area contributed by atoms with Crippen molar-refractivity contribution in [3.8, 4) is 0 Å². The molecule has 8 nitrogen and oxygen atoms in total. The van der Waals surface area contributed by atoms with Gasteiger partial charge in [0.25, 0.3) is 5.91 Å². The summed E-state index contributed by atoms with van der Waals surface area (Å²) in [7, 11) is 0. The number of likely N-dealkylation sites (tertiary alicyclic amines) is 1. The Hall–Kier alpha value is -2.97. The quantitative estimate of drug-likeness (QED) is 0.580. The first-order valence-corrected chi connectivity index (χ1v) is 12.2. The van der Waals surface area contributed by atoms with Crippen LogP contribution in [0.25, 0.3) is 0 Å². The fourth-order valence-electron chi connectivity index (χ4n) is 4.92. The van der Waals surface area contributed by atoms with Gasteiger partial charge in [-0.25, -0.2) is 4.98 Å². The Kier molecular flexibility index (Phi) is 7.80. The molecule has 0 radical (unpaired) electrons. The molecule has 1 fully saturated rings.